The summed E-state index contributed by atoms with van der Waals surface area (Å²) in [6.45, 7) is 5.40. The summed E-state index contributed by atoms with van der Waals surface area (Å²) < 4.78 is 1.91. The average Bonchev–Trinajstić information content (AvgIpc) is 2.59. The van der Waals surface area contributed by atoms with Crippen molar-refractivity contribution in [3.63, 3.8) is 0 Å². The first-order valence-corrected chi connectivity index (χ1v) is 7.39. The van der Waals surface area contributed by atoms with Crippen molar-refractivity contribution in [1.29, 1.82) is 0 Å². The van der Waals surface area contributed by atoms with Crippen LogP contribution in [0.25, 0.3) is 0 Å². The van der Waals surface area contributed by atoms with E-state index in [0.717, 1.165) is 18.2 Å². The van der Waals surface area contributed by atoms with E-state index in [2.05, 4.69) is 30.5 Å². The maximum Gasteiger partial charge on any atom is 0.0638 e. The molecule has 18 heavy (non-hydrogen) atoms. The molecule has 1 heterocycles. The first kappa shape index (κ1) is 13.6. The van der Waals surface area contributed by atoms with Gasteiger partial charge in [-0.25, -0.2) is 0 Å². The smallest absolute Gasteiger partial charge is 0.0638 e. The second-order valence-electron chi connectivity index (χ2n) is 5.83. The fraction of sp³-hybridized carbons (Fsp3) is 0.800. The van der Waals surface area contributed by atoms with Crippen molar-refractivity contribution in [3.05, 3.63) is 17.5 Å². The zero-order valence-electron chi connectivity index (χ0n) is 12.1. The molecule has 2 rings (SSSR count). The normalized spacial score (nSPS) is 19.7. The van der Waals surface area contributed by atoms with Crippen LogP contribution in [0.3, 0.4) is 0 Å². The zero-order chi connectivity index (χ0) is 13.0. The van der Waals surface area contributed by atoms with E-state index >= 15 is 0 Å². The molecule has 1 aromatic rings. The van der Waals surface area contributed by atoms with Gasteiger partial charge >= 0.3 is 0 Å². The Labute approximate surface area is 111 Å². The topological polar surface area (TPSA) is 29.9 Å². The van der Waals surface area contributed by atoms with Crippen molar-refractivity contribution >= 4 is 0 Å². The fourth-order valence-corrected chi connectivity index (χ4v) is 3.07. The zero-order valence-corrected chi connectivity index (χ0v) is 12.1. The largest absolute Gasteiger partial charge is 0.310 e. The quantitative estimate of drug-likeness (QED) is 0.831. The molecule has 0 bridgehead atoms. The van der Waals surface area contributed by atoms with Gasteiger partial charge in [-0.05, 0) is 32.6 Å². The first-order chi connectivity index (χ1) is 8.66. The van der Waals surface area contributed by atoms with Crippen LogP contribution in [0, 0.1) is 12.8 Å². The van der Waals surface area contributed by atoms with Crippen LogP contribution < -0.4 is 5.32 Å². The molecule has 0 saturated heterocycles. The monoisotopic (exact) mass is 249 g/mol. The lowest BCUT2D eigenvalue weighted by atomic mass is 9.93. The van der Waals surface area contributed by atoms with Crippen LogP contribution in [0.4, 0.5) is 0 Å². The minimum absolute atomic E-state index is 0.628. The fourth-order valence-electron chi connectivity index (χ4n) is 3.07. The standard InChI is InChI=1S/C15H27N3/c1-12(14-8-6-4-5-7-9-14)16-10-15-11-18(3)17-13(15)2/h11-12,14,16H,4-10H2,1-3H3/t12-/m1/s1. The van der Waals surface area contributed by atoms with Crippen LogP contribution >= 0.6 is 0 Å². The van der Waals surface area contributed by atoms with E-state index in [0.29, 0.717) is 6.04 Å². The van der Waals surface area contributed by atoms with Crippen molar-refractivity contribution in [3.8, 4) is 0 Å². The highest BCUT2D eigenvalue weighted by molar-refractivity contribution is 5.14. The Morgan fingerprint density at radius 2 is 2.00 bits per heavy atom. The third-order valence-corrected chi connectivity index (χ3v) is 4.34. The van der Waals surface area contributed by atoms with Crippen LogP contribution in [0.5, 0.6) is 0 Å². The van der Waals surface area contributed by atoms with Crippen molar-refractivity contribution < 1.29 is 0 Å². The molecule has 0 amide bonds. The van der Waals surface area contributed by atoms with E-state index in [4.69, 9.17) is 0 Å². The summed E-state index contributed by atoms with van der Waals surface area (Å²) in [6, 6.07) is 0.628. The molecule has 102 valence electrons. The molecular weight excluding hydrogens is 222 g/mol. The molecule has 0 aromatic carbocycles. The number of rotatable bonds is 4. The number of hydrogen-bond donors (Lipinski definition) is 1. The van der Waals surface area contributed by atoms with Crippen molar-refractivity contribution in [2.45, 2.75) is 65.0 Å². The van der Waals surface area contributed by atoms with Crippen molar-refractivity contribution in [2.75, 3.05) is 0 Å². The Balaban J connectivity index is 1.83. The van der Waals surface area contributed by atoms with Gasteiger partial charge in [0, 0.05) is 31.4 Å². The Kier molecular flexibility index (Phi) is 4.81. The molecule has 1 aliphatic carbocycles. The lowest BCUT2D eigenvalue weighted by Crippen LogP contribution is -2.33. The Morgan fingerprint density at radius 3 is 2.56 bits per heavy atom. The third-order valence-electron chi connectivity index (χ3n) is 4.34. The van der Waals surface area contributed by atoms with E-state index < -0.39 is 0 Å². The summed E-state index contributed by atoms with van der Waals surface area (Å²) in [5.41, 5.74) is 2.48. The minimum atomic E-state index is 0.628. The molecule has 1 aromatic heterocycles. The summed E-state index contributed by atoms with van der Waals surface area (Å²) in [5, 5.41) is 8.09. The number of aryl methyl sites for hydroxylation is 2. The number of hydrogen-bond acceptors (Lipinski definition) is 2. The van der Waals surface area contributed by atoms with Gasteiger partial charge in [0.25, 0.3) is 0 Å². The van der Waals surface area contributed by atoms with E-state index in [1.54, 1.807) is 0 Å². The van der Waals surface area contributed by atoms with Gasteiger partial charge in [0.05, 0.1) is 5.69 Å². The van der Waals surface area contributed by atoms with Gasteiger partial charge in [0.15, 0.2) is 0 Å². The summed E-state index contributed by atoms with van der Waals surface area (Å²) in [5.74, 6) is 0.865. The summed E-state index contributed by atoms with van der Waals surface area (Å²) in [6.07, 6.45) is 10.6. The number of nitrogens with zero attached hydrogens (tertiary/aromatic N) is 2. The van der Waals surface area contributed by atoms with Crippen LogP contribution in [-0.4, -0.2) is 15.8 Å². The molecule has 0 unspecified atom stereocenters. The number of aromatic nitrogens is 2. The van der Waals surface area contributed by atoms with Gasteiger partial charge in [0.1, 0.15) is 0 Å². The lowest BCUT2D eigenvalue weighted by Gasteiger charge is -2.23. The molecule has 0 aliphatic heterocycles. The highest BCUT2D eigenvalue weighted by Crippen LogP contribution is 2.25. The molecule has 0 spiro atoms. The predicted octanol–water partition coefficient (Wildman–Crippen LogP) is 3.18. The molecule has 1 saturated carbocycles. The maximum absolute atomic E-state index is 4.39. The van der Waals surface area contributed by atoms with Gasteiger partial charge in [0.2, 0.25) is 0 Å². The Bertz CT molecular complexity index is 362. The molecule has 1 fully saturated rings. The van der Waals surface area contributed by atoms with Gasteiger partial charge in [-0.1, -0.05) is 25.7 Å². The first-order valence-electron chi connectivity index (χ1n) is 7.39. The SMILES string of the molecule is Cc1nn(C)cc1CN[C@H](C)C1CCCCCC1. The van der Waals surface area contributed by atoms with Crippen LogP contribution in [0.2, 0.25) is 0 Å². The summed E-state index contributed by atoms with van der Waals surface area (Å²) in [7, 11) is 1.99. The second-order valence-corrected chi connectivity index (χ2v) is 5.83. The highest BCUT2D eigenvalue weighted by Gasteiger charge is 2.18. The van der Waals surface area contributed by atoms with Crippen LogP contribution in [0.15, 0.2) is 6.20 Å². The average molecular weight is 249 g/mol. The van der Waals surface area contributed by atoms with E-state index in [9.17, 15) is 0 Å². The van der Waals surface area contributed by atoms with Gasteiger partial charge < -0.3 is 5.32 Å². The molecule has 1 N–H and O–H groups in total. The van der Waals surface area contributed by atoms with Crippen LogP contribution in [0.1, 0.15) is 56.7 Å². The lowest BCUT2D eigenvalue weighted by molar-refractivity contribution is 0.336. The van der Waals surface area contributed by atoms with Gasteiger partial charge in [-0.2, -0.15) is 5.10 Å². The molecule has 1 aliphatic rings. The van der Waals surface area contributed by atoms with Gasteiger partial charge in [-0.3, -0.25) is 4.68 Å². The third kappa shape index (κ3) is 3.58. The summed E-state index contributed by atoms with van der Waals surface area (Å²) >= 11 is 0. The molecule has 3 heteroatoms. The molecular formula is C15H27N3. The highest BCUT2D eigenvalue weighted by atomic mass is 15.2. The predicted molar refractivity (Wildman–Crippen MR) is 75.4 cm³/mol. The molecule has 0 radical (unpaired) electrons. The second kappa shape index (κ2) is 6.37. The minimum Gasteiger partial charge on any atom is -0.310 e. The van der Waals surface area contributed by atoms with E-state index in [1.807, 2.05) is 11.7 Å². The Hall–Kier alpha value is -0.830. The molecule has 1 atom stereocenters. The Morgan fingerprint density at radius 1 is 1.33 bits per heavy atom. The van der Waals surface area contributed by atoms with E-state index in [1.165, 1.54) is 44.1 Å². The van der Waals surface area contributed by atoms with Crippen molar-refractivity contribution in [2.24, 2.45) is 13.0 Å². The van der Waals surface area contributed by atoms with E-state index in [-0.39, 0.29) is 0 Å². The van der Waals surface area contributed by atoms with Crippen LogP contribution in [-0.2, 0) is 13.6 Å². The summed E-state index contributed by atoms with van der Waals surface area (Å²) in [4.78, 5) is 0. The van der Waals surface area contributed by atoms with Crippen molar-refractivity contribution in [1.82, 2.24) is 15.1 Å². The molecule has 3 nitrogen and oxygen atoms in total. The number of nitrogens with one attached hydrogen (secondary N) is 1. The maximum atomic E-state index is 4.39. The van der Waals surface area contributed by atoms with Gasteiger partial charge in [-0.15, -0.1) is 0 Å².